The maximum atomic E-state index is 10.8. The highest BCUT2D eigenvalue weighted by Crippen LogP contribution is 2.30. The van der Waals surface area contributed by atoms with Crippen LogP contribution in [0.5, 0.6) is 5.75 Å². The number of aliphatic hydroxyl groups is 1. The lowest BCUT2D eigenvalue weighted by molar-refractivity contribution is -0.385. The van der Waals surface area contributed by atoms with Gasteiger partial charge in [0.05, 0.1) is 11.0 Å². The Morgan fingerprint density at radius 3 is 2.71 bits per heavy atom. The molecule has 0 aliphatic heterocycles. The number of halogens is 1. The van der Waals surface area contributed by atoms with Crippen molar-refractivity contribution in [1.29, 1.82) is 0 Å². The predicted octanol–water partition coefficient (Wildman–Crippen LogP) is 3.99. The zero-order chi connectivity index (χ0) is 15.4. The molecule has 110 valence electrons. The van der Waals surface area contributed by atoms with Gasteiger partial charge in [-0.2, -0.15) is 0 Å². The Bertz CT molecular complexity index is 658. The summed E-state index contributed by atoms with van der Waals surface area (Å²) in [5, 5.41) is 20.5. The smallest absolute Gasteiger partial charge is 0.270 e. The largest absolute Gasteiger partial charge is 0.489 e. The van der Waals surface area contributed by atoms with E-state index in [1.165, 1.54) is 18.2 Å². The van der Waals surface area contributed by atoms with Crippen LogP contribution in [0.2, 0.25) is 0 Å². The molecule has 2 aromatic carbocycles. The molecule has 0 aliphatic carbocycles. The van der Waals surface area contributed by atoms with E-state index in [1.54, 1.807) is 6.92 Å². The van der Waals surface area contributed by atoms with Crippen molar-refractivity contribution in [3.63, 3.8) is 0 Å². The molecule has 0 aromatic heterocycles. The number of nitro groups is 1. The fourth-order valence-corrected chi connectivity index (χ4v) is 2.34. The quantitative estimate of drug-likeness (QED) is 0.652. The number of non-ortho nitro benzene ring substituents is 1. The number of hydrogen-bond acceptors (Lipinski definition) is 4. The molecule has 5 nitrogen and oxygen atoms in total. The van der Waals surface area contributed by atoms with Crippen molar-refractivity contribution in [3.8, 4) is 5.75 Å². The van der Waals surface area contributed by atoms with Crippen molar-refractivity contribution >= 4 is 21.6 Å². The number of hydrogen-bond donors (Lipinski definition) is 1. The van der Waals surface area contributed by atoms with E-state index in [4.69, 9.17) is 4.74 Å². The third kappa shape index (κ3) is 4.03. The Kier molecular flexibility index (Phi) is 4.93. The maximum Gasteiger partial charge on any atom is 0.270 e. The van der Waals surface area contributed by atoms with Crippen molar-refractivity contribution in [2.24, 2.45) is 0 Å². The van der Waals surface area contributed by atoms with Crippen molar-refractivity contribution < 1.29 is 14.8 Å². The van der Waals surface area contributed by atoms with Gasteiger partial charge in [-0.25, -0.2) is 0 Å². The molecule has 0 bridgehead atoms. The Labute approximate surface area is 130 Å². The molecule has 0 unspecified atom stereocenters. The van der Waals surface area contributed by atoms with E-state index in [9.17, 15) is 15.2 Å². The van der Waals surface area contributed by atoms with Crippen molar-refractivity contribution in [2.45, 2.75) is 19.6 Å². The Morgan fingerprint density at radius 1 is 1.33 bits per heavy atom. The van der Waals surface area contributed by atoms with Crippen LogP contribution in [0.1, 0.15) is 24.2 Å². The van der Waals surface area contributed by atoms with Gasteiger partial charge in [0, 0.05) is 22.2 Å². The van der Waals surface area contributed by atoms with Gasteiger partial charge in [0.2, 0.25) is 0 Å². The highest BCUT2D eigenvalue weighted by atomic mass is 79.9. The van der Waals surface area contributed by atoms with Crippen LogP contribution >= 0.6 is 15.9 Å². The third-order valence-corrected chi connectivity index (χ3v) is 3.43. The van der Waals surface area contributed by atoms with Gasteiger partial charge in [-0.05, 0) is 30.7 Å². The molecule has 0 heterocycles. The second-order valence-corrected chi connectivity index (χ2v) is 5.49. The summed E-state index contributed by atoms with van der Waals surface area (Å²) in [4.78, 5) is 10.3. The molecule has 0 fully saturated rings. The van der Waals surface area contributed by atoms with E-state index in [0.717, 1.165) is 10.0 Å². The first-order chi connectivity index (χ1) is 9.97. The molecule has 0 spiro atoms. The summed E-state index contributed by atoms with van der Waals surface area (Å²) in [5.41, 5.74) is 1.29. The minimum absolute atomic E-state index is 0.0688. The molecule has 0 radical (unpaired) electrons. The second kappa shape index (κ2) is 6.69. The van der Waals surface area contributed by atoms with Gasteiger partial charge >= 0.3 is 0 Å². The number of nitrogens with zero attached hydrogens (tertiary/aromatic N) is 1. The van der Waals surface area contributed by atoms with E-state index in [-0.39, 0.29) is 5.69 Å². The van der Waals surface area contributed by atoms with Crippen LogP contribution in [-0.2, 0) is 6.61 Å². The van der Waals surface area contributed by atoms with Crippen LogP contribution < -0.4 is 4.74 Å². The number of aliphatic hydroxyl groups excluding tert-OH is 1. The zero-order valence-corrected chi connectivity index (χ0v) is 12.9. The van der Waals surface area contributed by atoms with E-state index < -0.39 is 11.0 Å². The highest BCUT2D eigenvalue weighted by Gasteiger charge is 2.15. The normalized spacial score (nSPS) is 12.0. The molecule has 0 amide bonds. The average Bonchev–Trinajstić information content (AvgIpc) is 2.44. The van der Waals surface area contributed by atoms with Crippen molar-refractivity contribution in [2.75, 3.05) is 0 Å². The fourth-order valence-electron chi connectivity index (χ4n) is 1.90. The van der Waals surface area contributed by atoms with E-state index in [0.29, 0.717) is 17.9 Å². The first kappa shape index (κ1) is 15.5. The molecule has 2 aromatic rings. The van der Waals surface area contributed by atoms with Gasteiger partial charge in [-0.3, -0.25) is 10.1 Å². The lowest BCUT2D eigenvalue weighted by atomic mass is 10.1. The summed E-state index contributed by atoms with van der Waals surface area (Å²) in [6.45, 7) is 1.86. The van der Waals surface area contributed by atoms with Gasteiger partial charge in [-0.1, -0.05) is 28.1 Å². The summed E-state index contributed by atoms with van der Waals surface area (Å²) >= 11 is 3.38. The summed E-state index contributed by atoms with van der Waals surface area (Å²) in [5.74, 6) is 0.440. The van der Waals surface area contributed by atoms with E-state index >= 15 is 0 Å². The molecule has 0 saturated heterocycles. The van der Waals surface area contributed by atoms with Crippen molar-refractivity contribution in [3.05, 3.63) is 68.2 Å². The van der Waals surface area contributed by atoms with Gasteiger partial charge in [0.25, 0.3) is 5.69 Å². The average molecular weight is 352 g/mol. The molecule has 1 atom stereocenters. The Balaban J connectivity index is 2.21. The lowest BCUT2D eigenvalue weighted by Crippen LogP contribution is -2.02. The van der Waals surface area contributed by atoms with Gasteiger partial charge in [-0.15, -0.1) is 0 Å². The molecule has 6 heteroatoms. The first-order valence-electron chi connectivity index (χ1n) is 6.31. The predicted molar refractivity (Wildman–Crippen MR) is 82.2 cm³/mol. The Morgan fingerprint density at radius 2 is 2.10 bits per heavy atom. The summed E-state index contributed by atoms with van der Waals surface area (Å²) in [7, 11) is 0. The van der Waals surface area contributed by atoms with Crippen LogP contribution in [0, 0.1) is 10.1 Å². The molecule has 2 rings (SSSR count). The van der Waals surface area contributed by atoms with E-state index in [2.05, 4.69) is 15.9 Å². The Hall–Kier alpha value is -1.92. The fraction of sp³-hybridized carbons (Fsp3) is 0.200. The lowest BCUT2D eigenvalue weighted by Gasteiger charge is -2.13. The first-order valence-corrected chi connectivity index (χ1v) is 7.10. The second-order valence-electron chi connectivity index (χ2n) is 4.57. The van der Waals surface area contributed by atoms with Gasteiger partial charge < -0.3 is 9.84 Å². The number of benzene rings is 2. The minimum Gasteiger partial charge on any atom is -0.489 e. The highest BCUT2D eigenvalue weighted by molar-refractivity contribution is 9.10. The van der Waals surface area contributed by atoms with Crippen molar-refractivity contribution in [1.82, 2.24) is 0 Å². The van der Waals surface area contributed by atoms with Crippen LogP contribution in [0.3, 0.4) is 0 Å². The molecular formula is C15H14BrNO4. The van der Waals surface area contributed by atoms with Gasteiger partial charge in [0.1, 0.15) is 12.4 Å². The standard InChI is InChI=1S/C15H14BrNO4/c1-10(18)14-8-13(17(19)20)5-6-15(14)21-9-11-3-2-4-12(16)7-11/h2-8,10,18H,9H2,1H3/t10-/m0/s1. The molecular weight excluding hydrogens is 338 g/mol. The van der Waals surface area contributed by atoms with E-state index in [1.807, 2.05) is 24.3 Å². The molecule has 21 heavy (non-hydrogen) atoms. The number of nitro benzene ring substituents is 1. The maximum absolute atomic E-state index is 10.8. The van der Waals surface area contributed by atoms with Crippen LogP contribution in [0.25, 0.3) is 0 Å². The summed E-state index contributed by atoms with van der Waals surface area (Å²) in [6, 6.07) is 11.9. The summed E-state index contributed by atoms with van der Waals surface area (Å²) in [6.07, 6.45) is -0.845. The van der Waals surface area contributed by atoms with Crippen LogP contribution in [0.4, 0.5) is 5.69 Å². The zero-order valence-electron chi connectivity index (χ0n) is 11.3. The third-order valence-electron chi connectivity index (χ3n) is 2.94. The molecule has 0 aliphatic rings. The monoisotopic (exact) mass is 351 g/mol. The number of ether oxygens (including phenoxy) is 1. The minimum atomic E-state index is -0.845. The SMILES string of the molecule is C[C@H](O)c1cc([N+](=O)[O-])ccc1OCc1cccc(Br)c1. The molecule has 0 saturated carbocycles. The topological polar surface area (TPSA) is 72.6 Å². The molecule has 1 N–H and O–H groups in total. The van der Waals surface area contributed by atoms with Crippen LogP contribution in [-0.4, -0.2) is 10.0 Å². The summed E-state index contributed by atoms with van der Waals surface area (Å²) < 4.78 is 6.62. The van der Waals surface area contributed by atoms with Gasteiger partial charge in [0.15, 0.2) is 0 Å². The van der Waals surface area contributed by atoms with Crippen LogP contribution in [0.15, 0.2) is 46.9 Å². The number of rotatable bonds is 5.